The lowest BCUT2D eigenvalue weighted by Crippen LogP contribution is -2.30. The number of ether oxygens (including phenoxy) is 1. The van der Waals surface area contributed by atoms with Crippen molar-refractivity contribution >= 4 is 51.0 Å². The highest BCUT2D eigenvalue weighted by Crippen LogP contribution is 2.35. The van der Waals surface area contributed by atoms with Gasteiger partial charge in [0.05, 0.1) is 14.7 Å². The van der Waals surface area contributed by atoms with Gasteiger partial charge in [-0.2, -0.15) is 0 Å². The van der Waals surface area contributed by atoms with Crippen LogP contribution in [-0.2, 0) is 4.79 Å². The highest BCUT2D eigenvalue weighted by atomic mass is 127. The molecule has 0 aliphatic carbocycles. The topological polar surface area (TPSA) is 77.2 Å². The average Bonchev–Trinajstić information content (AvgIpc) is 2.49. The number of halogens is 2. The van der Waals surface area contributed by atoms with Crippen LogP contribution >= 0.6 is 34.2 Å². The molecule has 5 nitrogen and oxygen atoms in total. The van der Waals surface area contributed by atoms with Crippen molar-refractivity contribution in [2.24, 2.45) is 5.84 Å². The Kier molecular flexibility index (Phi) is 5.60. The Labute approximate surface area is 141 Å². The van der Waals surface area contributed by atoms with Crippen LogP contribution in [-0.4, -0.2) is 17.0 Å². The van der Waals surface area contributed by atoms with Gasteiger partial charge in [-0.15, -0.1) is 0 Å². The number of aromatic nitrogens is 1. The normalized spacial score (nSPS) is 12.2. The van der Waals surface area contributed by atoms with E-state index in [2.05, 4.69) is 33.0 Å². The molecule has 0 saturated carbocycles. The Bertz CT molecular complexity index is 666. The van der Waals surface area contributed by atoms with Crippen molar-refractivity contribution in [2.75, 3.05) is 0 Å². The van der Waals surface area contributed by atoms with Crippen LogP contribution in [0.15, 0.2) is 24.4 Å². The lowest BCUT2D eigenvalue weighted by molar-refractivity contribution is -0.121. The van der Waals surface area contributed by atoms with Gasteiger partial charge in [-0.3, -0.25) is 15.2 Å². The van der Waals surface area contributed by atoms with Crippen LogP contribution in [0.2, 0.25) is 5.02 Å². The van der Waals surface area contributed by atoms with Gasteiger partial charge in [0, 0.05) is 18.0 Å². The number of amides is 1. The highest BCUT2D eigenvalue weighted by molar-refractivity contribution is 14.1. The van der Waals surface area contributed by atoms with Gasteiger partial charge in [0.1, 0.15) is 5.52 Å². The predicted molar refractivity (Wildman–Crippen MR) is 91.1 cm³/mol. The third-order valence-electron chi connectivity index (χ3n) is 3.01. The molecule has 1 aromatic carbocycles. The number of nitrogens with zero attached hydrogens (tertiary/aromatic N) is 1. The Morgan fingerprint density at radius 1 is 1.62 bits per heavy atom. The number of carbonyl (C=O) groups is 1. The zero-order valence-corrected chi connectivity index (χ0v) is 14.3. The summed E-state index contributed by atoms with van der Waals surface area (Å²) in [6.45, 7) is 1.91. The van der Waals surface area contributed by atoms with Crippen molar-refractivity contribution in [1.82, 2.24) is 10.4 Å². The minimum atomic E-state index is -0.209. The number of rotatable bonds is 5. The largest absolute Gasteiger partial charge is 0.487 e. The molecule has 7 heteroatoms. The molecule has 0 aliphatic heterocycles. The van der Waals surface area contributed by atoms with E-state index in [1.165, 1.54) is 0 Å². The van der Waals surface area contributed by atoms with E-state index in [0.29, 0.717) is 23.6 Å². The number of hydrogen-bond donors (Lipinski definition) is 2. The lowest BCUT2D eigenvalue weighted by Gasteiger charge is -2.17. The first kappa shape index (κ1) is 16.3. The van der Waals surface area contributed by atoms with Gasteiger partial charge in [0.15, 0.2) is 5.75 Å². The van der Waals surface area contributed by atoms with Crippen molar-refractivity contribution in [3.63, 3.8) is 0 Å². The minimum Gasteiger partial charge on any atom is -0.487 e. The monoisotopic (exact) mass is 419 g/mol. The third kappa shape index (κ3) is 3.96. The number of carbonyl (C=O) groups excluding carboxylic acids is 1. The van der Waals surface area contributed by atoms with Crippen LogP contribution in [0.3, 0.4) is 0 Å². The number of hydrogen-bond acceptors (Lipinski definition) is 4. The smallest absolute Gasteiger partial charge is 0.234 e. The highest BCUT2D eigenvalue weighted by Gasteiger charge is 2.15. The Morgan fingerprint density at radius 2 is 2.38 bits per heavy atom. The third-order valence-corrected chi connectivity index (χ3v) is 4.12. The lowest BCUT2D eigenvalue weighted by atomic mass is 10.2. The molecule has 1 heterocycles. The first-order valence-electron chi connectivity index (χ1n) is 6.41. The van der Waals surface area contributed by atoms with Crippen LogP contribution in [0.4, 0.5) is 0 Å². The summed E-state index contributed by atoms with van der Waals surface area (Å²) >= 11 is 8.39. The fourth-order valence-electron chi connectivity index (χ4n) is 1.93. The summed E-state index contributed by atoms with van der Waals surface area (Å²) in [4.78, 5) is 15.5. The summed E-state index contributed by atoms with van der Waals surface area (Å²) in [7, 11) is 0. The van der Waals surface area contributed by atoms with Crippen molar-refractivity contribution in [3.8, 4) is 5.75 Å². The van der Waals surface area contributed by atoms with Gasteiger partial charge in [0.25, 0.3) is 0 Å². The Hall–Kier alpha value is -1.12. The Morgan fingerprint density at radius 3 is 3.10 bits per heavy atom. The van der Waals surface area contributed by atoms with Crippen molar-refractivity contribution in [1.29, 1.82) is 0 Å². The van der Waals surface area contributed by atoms with E-state index in [9.17, 15) is 4.79 Å². The maximum atomic E-state index is 11.2. The number of nitrogens with two attached hydrogens (primary N) is 1. The summed E-state index contributed by atoms with van der Waals surface area (Å²) < 4.78 is 6.85. The van der Waals surface area contributed by atoms with Crippen LogP contribution in [0, 0.1) is 3.57 Å². The summed E-state index contributed by atoms with van der Waals surface area (Å²) in [5.74, 6) is 5.54. The molecule has 112 valence electrons. The Balaban J connectivity index is 2.24. The molecule has 1 amide bonds. The zero-order chi connectivity index (χ0) is 15.4. The molecule has 3 N–H and O–H groups in total. The molecule has 0 bridgehead atoms. The molecule has 2 rings (SSSR count). The zero-order valence-electron chi connectivity index (χ0n) is 11.4. The van der Waals surface area contributed by atoms with Gasteiger partial charge < -0.3 is 4.74 Å². The number of pyridine rings is 1. The SMILES string of the molecule is CC(CCC(=O)NN)Oc1c(I)cc(Cl)c2cccnc12. The molecule has 0 radical (unpaired) electrons. The molecule has 0 saturated heterocycles. The summed E-state index contributed by atoms with van der Waals surface area (Å²) in [5.41, 5.74) is 2.83. The van der Waals surface area contributed by atoms with Gasteiger partial charge in [-0.1, -0.05) is 11.6 Å². The number of benzene rings is 1. The molecular formula is C14H15ClIN3O2. The second-order valence-corrected chi connectivity index (χ2v) is 6.17. The maximum absolute atomic E-state index is 11.2. The van der Waals surface area contributed by atoms with Gasteiger partial charge >= 0.3 is 0 Å². The van der Waals surface area contributed by atoms with E-state index in [1.807, 2.05) is 25.1 Å². The summed E-state index contributed by atoms with van der Waals surface area (Å²) in [6, 6.07) is 5.58. The van der Waals surface area contributed by atoms with Crippen molar-refractivity contribution in [3.05, 3.63) is 33.0 Å². The van der Waals surface area contributed by atoms with Gasteiger partial charge in [-0.05, 0) is 54.1 Å². The number of hydrazine groups is 1. The van der Waals surface area contributed by atoms with Crippen LogP contribution in [0.5, 0.6) is 5.75 Å². The molecule has 21 heavy (non-hydrogen) atoms. The summed E-state index contributed by atoms with van der Waals surface area (Å²) in [5, 5.41) is 1.49. The fourth-order valence-corrected chi connectivity index (χ4v) is 3.07. The molecule has 2 aromatic rings. The second kappa shape index (κ2) is 7.24. The van der Waals surface area contributed by atoms with E-state index >= 15 is 0 Å². The predicted octanol–water partition coefficient (Wildman–Crippen LogP) is 3.03. The van der Waals surface area contributed by atoms with E-state index in [1.54, 1.807) is 6.20 Å². The average molecular weight is 420 g/mol. The van der Waals surface area contributed by atoms with Crippen LogP contribution in [0.1, 0.15) is 19.8 Å². The second-order valence-electron chi connectivity index (χ2n) is 4.60. The minimum absolute atomic E-state index is 0.137. The molecule has 0 spiro atoms. The van der Waals surface area contributed by atoms with Crippen LogP contribution < -0.4 is 16.0 Å². The van der Waals surface area contributed by atoms with E-state index in [0.717, 1.165) is 14.5 Å². The van der Waals surface area contributed by atoms with Gasteiger partial charge in [-0.25, -0.2) is 5.84 Å². The van der Waals surface area contributed by atoms with E-state index < -0.39 is 0 Å². The van der Waals surface area contributed by atoms with Gasteiger partial charge in [0.2, 0.25) is 5.91 Å². The quantitative estimate of drug-likeness (QED) is 0.338. The van der Waals surface area contributed by atoms with Crippen molar-refractivity contribution < 1.29 is 9.53 Å². The first-order chi connectivity index (χ1) is 10.0. The van der Waals surface area contributed by atoms with Crippen LogP contribution in [0.25, 0.3) is 10.9 Å². The summed E-state index contributed by atoms with van der Waals surface area (Å²) in [6.07, 6.45) is 2.44. The number of nitrogens with one attached hydrogen (secondary N) is 1. The van der Waals surface area contributed by atoms with E-state index in [-0.39, 0.29) is 12.0 Å². The maximum Gasteiger partial charge on any atom is 0.234 e. The van der Waals surface area contributed by atoms with E-state index in [4.69, 9.17) is 22.2 Å². The molecule has 0 fully saturated rings. The molecule has 1 unspecified atom stereocenters. The fraction of sp³-hybridized carbons (Fsp3) is 0.286. The molecule has 0 aliphatic rings. The molecule has 1 aromatic heterocycles. The number of fused-ring (bicyclic) bond motifs is 1. The molecular weight excluding hydrogens is 405 g/mol. The standard InChI is InChI=1S/C14H15ClIN3O2/c1-8(4-5-12(20)19-17)21-14-11(16)7-10(15)9-3-2-6-18-13(9)14/h2-3,6-8H,4-5,17H2,1H3,(H,19,20). The molecule has 1 atom stereocenters. The first-order valence-corrected chi connectivity index (χ1v) is 7.87. The van der Waals surface area contributed by atoms with Crippen molar-refractivity contribution in [2.45, 2.75) is 25.9 Å².